The van der Waals surface area contributed by atoms with Crippen molar-refractivity contribution in [3.63, 3.8) is 0 Å². The van der Waals surface area contributed by atoms with Crippen LogP contribution in [0.2, 0.25) is 0 Å². The second-order valence-corrected chi connectivity index (χ2v) is 9.16. The highest BCUT2D eigenvalue weighted by Crippen LogP contribution is 2.54. The average Bonchev–Trinajstić information content (AvgIpc) is 3.51. The van der Waals surface area contributed by atoms with Gasteiger partial charge in [-0.05, 0) is 30.3 Å². The van der Waals surface area contributed by atoms with Gasteiger partial charge >= 0.3 is 10.8 Å². The molecule has 0 fully saturated rings. The topological polar surface area (TPSA) is 115 Å². The predicted molar refractivity (Wildman–Crippen MR) is 133 cm³/mol. The van der Waals surface area contributed by atoms with Crippen LogP contribution in [-0.2, 0) is 20.9 Å². The van der Waals surface area contributed by atoms with E-state index in [1.807, 2.05) is 0 Å². The summed E-state index contributed by atoms with van der Waals surface area (Å²) >= 11 is 0.959. The van der Waals surface area contributed by atoms with E-state index in [-0.39, 0.29) is 25.7 Å². The molecule has 0 spiro atoms. The number of methoxy groups -OCH3 is 4. The molecule has 194 valence electrons. The van der Waals surface area contributed by atoms with Crippen molar-refractivity contribution < 1.29 is 38.0 Å². The van der Waals surface area contributed by atoms with Gasteiger partial charge in [0.2, 0.25) is 24.2 Å². The van der Waals surface area contributed by atoms with Crippen LogP contribution in [0.1, 0.15) is 22.8 Å². The van der Waals surface area contributed by atoms with E-state index in [2.05, 4.69) is 0 Å². The molecule has 0 bridgehead atoms. The Morgan fingerprint density at radius 1 is 1.03 bits per heavy atom. The van der Waals surface area contributed by atoms with Gasteiger partial charge in [-0.25, -0.2) is 0 Å². The molecule has 1 atom stereocenters. The SMILES string of the molecule is COC(=O)Cn1c2c(sc1=O)C(c1cc3c(c(OC)c1OC)OCO3)CC(=O)N2c1ccc(OC)cc1. The summed E-state index contributed by atoms with van der Waals surface area (Å²) in [5.74, 6) is 0.988. The van der Waals surface area contributed by atoms with Crippen LogP contribution in [0, 0.1) is 0 Å². The number of nitrogens with zero attached hydrogens (tertiary/aromatic N) is 2. The van der Waals surface area contributed by atoms with Gasteiger partial charge in [-0.15, -0.1) is 0 Å². The summed E-state index contributed by atoms with van der Waals surface area (Å²) in [6, 6.07) is 8.61. The van der Waals surface area contributed by atoms with Crippen molar-refractivity contribution in [1.82, 2.24) is 4.57 Å². The molecule has 37 heavy (non-hydrogen) atoms. The first kappa shape index (κ1) is 24.5. The third kappa shape index (κ3) is 4.02. The molecule has 1 amide bonds. The summed E-state index contributed by atoms with van der Waals surface area (Å²) in [4.78, 5) is 40.8. The minimum atomic E-state index is -0.616. The fourth-order valence-corrected chi connectivity index (χ4v) is 5.69. The van der Waals surface area contributed by atoms with Crippen LogP contribution in [0.5, 0.6) is 28.7 Å². The Morgan fingerprint density at radius 2 is 1.76 bits per heavy atom. The minimum Gasteiger partial charge on any atom is -0.497 e. The zero-order valence-corrected chi connectivity index (χ0v) is 21.4. The molecule has 3 aromatic rings. The van der Waals surface area contributed by atoms with Crippen molar-refractivity contribution in [2.24, 2.45) is 0 Å². The molecule has 2 aromatic carbocycles. The predicted octanol–water partition coefficient (Wildman–Crippen LogP) is 3.04. The van der Waals surface area contributed by atoms with Crippen molar-refractivity contribution >= 4 is 34.7 Å². The van der Waals surface area contributed by atoms with Gasteiger partial charge in [0.15, 0.2) is 11.5 Å². The zero-order valence-electron chi connectivity index (χ0n) is 20.6. The Balaban J connectivity index is 1.73. The van der Waals surface area contributed by atoms with Crippen molar-refractivity contribution in [3.8, 4) is 28.7 Å². The number of benzene rings is 2. The number of thiazole rings is 1. The van der Waals surface area contributed by atoms with Gasteiger partial charge in [-0.2, -0.15) is 0 Å². The van der Waals surface area contributed by atoms with E-state index in [1.54, 1.807) is 37.4 Å². The molecule has 0 saturated carbocycles. The van der Waals surface area contributed by atoms with Gasteiger partial charge in [-0.3, -0.25) is 23.9 Å². The number of fused-ring (bicyclic) bond motifs is 2. The Morgan fingerprint density at radius 3 is 2.41 bits per heavy atom. The summed E-state index contributed by atoms with van der Waals surface area (Å²) in [7, 11) is 5.76. The standard InChI is InChI=1S/C25H24N2O9S/c1-31-14-7-5-13(6-8-14)27-18(28)10-16(23-24(27)26(25(30)37-23)11-19(29)32-2)15-9-17-21(36-12-35-17)22(34-4)20(15)33-3/h5-9,16H,10-12H2,1-4H3. The number of anilines is 2. The second kappa shape index (κ2) is 9.69. The number of esters is 1. The van der Waals surface area contributed by atoms with E-state index < -0.39 is 16.8 Å². The van der Waals surface area contributed by atoms with Crippen LogP contribution in [0.3, 0.4) is 0 Å². The molecule has 0 N–H and O–H groups in total. The van der Waals surface area contributed by atoms with Crippen LogP contribution >= 0.6 is 11.3 Å². The van der Waals surface area contributed by atoms with Crippen molar-refractivity contribution in [2.75, 3.05) is 40.1 Å². The monoisotopic (exact) mass is 528 g/mol. The molecule has 0 radical (unpaired) electrons. The zero-order chi connectivity index (χ0) is 26.3. The molecule has 3 heterocycles. The number of ether oxygens (including phenoxy) is 6. The number of amides is 1. The largest absolute Gasteiger partial charge is 0.497 e. The maximum absolute atomic E-state index is 13.7. The number of hydrogen-bond donors (Lipinski definition) is 0. The fourth-order valence-electron chi connectivity index (χ4n) is 4.60. The highest BCUT2D eigenvalue weighted by molar-refractivity contribution is 7.10. The molecule has 1 unspecified atom stereocenters. The summed E-state index contributed by atoms with van der Waals surface area (Å²) in [6.07, 6.45) is 0.0242. The Hall–Kier alpha value is -4.19. The van der Waals surface area contributed by atoms with Gasteiger partial charge in [0.05, 0.1) is 39.0 Å². The number of rotatable bonds is 7. The van der Waals surface area contributed by atoms with Crippen molar-refractivity contribution in [3.05, 3.63) is 50.4 Å². The number of hydrogen-bond acceptors (Lipinski definition) is 10. The second-order valence-electron chi connectivity index (χ2n) is 8.17. The van der Waals surface area contributed by atoms with E-state index in [4.69, 9.17) is 28.4 Å². The summed E-state index contributed by atoms with van der Waals surface area (Å²) in [6.45, 7) is -0.337. The van der Waals surface area contributed by atoms with E-state index in [0.717, 1.165) is 11.3 Å². The van der Waals surface area contributed by atoms with Crippen LogP contribution in [0.4, 0.5) is 11.5 Å². The highest BCUT2D eigenvalue weighted by Gasteiger charge is 2.41. The Labute approximate surface area is 215 Å². The van der Waals surface area contributed by atoms with Gasteiger partial charge in [0.25, 0.3) is 0 Å². The maximum atomic E-state index is 13.7. The summed E-state index contributed by atoms with van der Waals surface area (Å²) < 4.78 is 33.7. The lowest BCUT2D eigenvalue weighted by Crippen LogP contribution is -2.36. The van der Waals surface area contributed by atoms with E-state index >= 15 is 0 Å². The number of aromatic nitrogens is 1. The molecule has 2 aliphatic heterocycles. The molecule has 12 heteroatoms. The van der Waals surface area contributed by atoms with Gasteiger partial charge in [0.1, 0.15) is 18.1 Å². The van der Waals surface area contributed by atoms with E-state index in [1.165, 1.54) is 30.8 Å². The summed E-state index contributed by atoms with van der Waals surface area (Å²) in [5, 5.41) is 0. The van der Waals surface area contributed by atoms with Gasteiger partial charge < -0.3 is 28.4 Å². The number of carbonyl (C=O) groups excluding carboxylic acids is 2. The molecule has 2 aliphatic rings. The molecule has 5 rings (SSSR count). The Bertz CT molecular complexity index is 1430. The molecule has 0 aliphatic carbocycles. The fraction of sp³-hybridized carbons (Fsp3) is 0.320. The first-order valence-electron chi connectivity index (χ1n) is 11.2. The van der Waals surface area contributed by atoms with Gasteiger partial charge in [0, 0.05) is 17.9 Å². The first-order valence-corrected chi connectivity index (χ1v) is 12.0. The normalized spacial score (nSPS) is 15.8. The van der Waals surface area contributed by atoms with Crippen LogP contribution < -0.4 is 33.5 Å². The van der Waals surface area contributed by atoms with Gasteiger partial charge in [-0.1, -0.05) is 11.3 Å². The molecular formula is C25H24N2O9S. The van der Waals surface area contributed by atoms with Crippen LogP contribution in [-0.4, -0.2) is 51.7 Å². The molecule has 1 aromatic heterocycles. The molecular weight excluding hydrogens is 504 g/mol. The van der Waals surface area contributed by atoms with Crippen molar-refractivity contribution in [1.29, 1.82) is 0 Å². The minimum absolute atomic E-state index is 0.0151. The quantitative estimate of drug-likeness (QED) is 0.427. The average molecular weight is 529 g/mol. The van der Waals surface area contributed by atoms with Crippen LogP contribution in [0.15, 0.2) is 35.1 Å². The lowest BCUT2D eigenvalue weighted by Gasteiger charge is -2.33. The lowest BCUT2D eigenvalue weighted by molar-refractivity contribution is -0.141. The smallest absolute Gasteiger partial charge is 0.325 e. The lowest BCUT2D eigenvalue weighted by atomic mass is 9.89. The third-order valence-corrected chi connectivity index (χ3v) is 7.36. The van der Waals surface area contributed by atoms with E-state index in [0.29, 0.717) is 50.7 Å². The molecule has 0 saturated heterocycles. The summed E-state index contributed by atoms with van der Waals surface area (Å²) in [5.41, 5.74) is 1.12. The Kier molecular flexibility index (Phi) is 6.42. The third-order valence-electron chi connectivity index (χ3n) is 6.28. The van der Waals surface area contributed by atoms with Crippen molar-refractivity contribution in [2.45, 2.75) is 18.9 Å². The molecule has 11 nitrogen and oxygen atoms in total. The van der Waals surface area contributed by atoms with Crippen LogP contribution in [0.25, 0.3) is 0 Å². The van der Waals surface area contributed by atoms with E-state index in [9.17, 15) is 14.4 Å². The highest BCUT2D eigenvalue weighted by atomic mass is 32.1. The first-order chi connectivity index (χ1) is 17.9. The number of carbonyl (C=O) groups is 2. The maximum Gasteiger partial charge on any atom is 0.325 e.